The van der Waals surface area contributed by atoms with Crippen LogP contribution in [0.3, 0.4) is 0 Å². The van der Waals surface area contributed by atoms with E-state index in [9.17, 15) is 36.9 Å². The van der Waals surface area contributed by atoms with Gasteiger partial charge in [0.05, 0.1) is 31.7 Å². The van der Waals surface area contributed by atoms with Crippen molar-refractivity contribution >= 4 is 23.4 Å². The van der Waals surface area contributed by atoms with Crippen LogP contribution in [0.5, 0.6) is 5.88 Å². The van der Waals surface area contributed by atoms with Crippen LogP contribution < -0.4 is 4.74 Å². The summed E-state index contributed by atoms with van der Waals surface area (Å²) in [7, 11) is 0. The van der Waals surface area contributed by atoms with Gasteiger partial charge in [-0.1, -0.05) is 36.0 Å². The fraction of sp³-hybridized carbons (Fsp3) is 0.0833. The van der Waals surface area contributed by atoms with Gasteiger partial charge < -0.3 is 4.74 Å². The second-order valence-corrected chi connectivity index (χ2v) is 8.64. The van der Waals surface area contributed by atoms with Crippen LogP contribution in [-0.4, -0.2) is 20.7 Å². The average molecular weight is 535 g/mol. The lowest BCUT2D eigenvalue weighted by Crippen LogP contribution is -2.13. The highest BCUT2D eigenvalue weighted by molar-refractivity contribution is 7.99. The molecule has 0 atom stereocenters. The average Bonchev–Trinajstić information content (AvgIpc) is 3.19. The maximum atomic E-state index is 14.4. The largest absolute Gasteiger partial charge is 0.402 e. The first kappa shape index (κ1) is 25.8. The zero-order chi connectivity index (χ0) is 27.0. The molecular weight excluding hydrogens is 521 g/mol. The van der Waals surface area contributed by atoms with E-state index in [2.05, 4.69) is 5.10 Å². The molecule has 0 saturated carbocycles. The number of rotatable bonds is 6. The summed E-state index contributed by atoms with van der Waals surface area (Å²) in [5.41, 5.74) is 0.0958. The van der Waals surface area contributed by atoms with Crippen molar-refractivity contribution in [3.05, 3.63) is 105 Å². The summed E-state index contributed by atoms with van der Waals surface area (Å²) >= 11 is 0.129. The number of hydrogen-bond acceptors (Lipinski definition) is 6. The minimum absolute atomic E-state index is 0.0375. The van der Waals surface area contributed by atoms with Crippen LogP contribution in [0, 0.1) is 53.0 Å². The number of nitrogens with zero attached hydrogens (tertiary/aromatic N) is 3. The molecule has 1 heterocycles. The Hall–Kier alpha value is -4.26. The highest BCUT2D eigenvalue weighted by Crippen LogP contribution is 2.42. The van der Waals surface area contributed by atoms with E-state index in [1.807, 2.05) is 0 Å². The predicted octanol–water partition coefficient (Wildman–Crippen LogP) is 6.46. The van der Waals surface area contributed by atoms with Gasteiger partial charge in [-0.2, -0.15) is 9.78 Å². The molecule has 0 amide bonds. The molecule has 13 heteroatoms. The topological polar surface area (TPSA) is 87.3 Å². The molecule has 7 nitrogen and oxygen atoms in total. The molecule has 4 aromatic rings. The Bertz CT molecular complexity index is 1530. The Morgan fingerprint density at radius 1 is 0.919 bits per heavy atom. The molecule has 0 N–H and O–H groups in total. The number of benzene rings is 3. The maximum absolute atomic E-state index is 14.4. The SMILES string of the molecule is Cc1ccc(C(=O)Oc2c(Sc3c(F)c(F)c(F)c(F)c3F)c(C)nn2-c2ccccc2)cc1[N+](=O)[O-]. The molecule has 37 heavy (non-hydrogen) atoms. The van der Waals surface area contributed by atoms with E-state index < -0.39 is 50.8 Å². The lowest BCUT2D eigenvalue weighted by atomic mass is 10.1. The third-order valence-corrected chi connectivity index (χ3v) is 6.41. The Morgan fingerprint density at radius 2 is 1.51 bits per heavy atom. The zero-order valence-electron chi connectivity index (χ0n) is 18.9. The van der Waals surface area contributed by atoms with Crippen molar-refractivity contribution in [2.45, 2.75) is 23.6 Å². The molecule has 0 aliphatic rings. The van der Waals surface area contributed by atoms with Gasteiger partial charge in [0, 0.05) is 11.6 Å². The monoisotopic (exact) mass is 535 g/mol. The number of para-hydroxylation sites is 1. The summed E-state index contributed by atoms with van der Waals surface area (Å²) < 4.78 is 76.6. The molecule has 0 bridgehead atoms. The summed E-state index contributed by atoms with van der Waals surface area (Å²) in [6.45, 7) is 2.85. The molecule has 190 valence electrons. The molecule has 3 aromatic carbocycles. The predicted molar refractivity (Wildman–Crippen MR) is 121 cm³/mol. The number of aromatic nitrogens is 2. The van der Waals surface area contributed by atoms with E-state index in [0.717, 1.165) is 10.7 Å². The molecule has 0 unspecified atom stereocenters. The van der Waals surface area contributed by atoms with Crippen molar-refractivity contribution in [2.75, 3.05) is 0 Å². The van der Waals surface area contributed by atoms with E-state index in [1.165, 1.54) is 26.0 Å². The molecular formula is C24H14F5N3O4S. The molecule has 0 fully saturated rings. The number of aryl methyl sites for hydroxylation is 2. The van der Waals surface area contributed by atoms with Gasteiger partial charge in [0.2, 0.25) is 11.7 Å². The lowest BCUT2D eigenvalue weighted by molar-refractivity contribution is -0.385. The standard InChI is InChI=1S/C24H14F5N3O4S/c1-11-8-9-13(10-15(11)32(34)35)24(33)36-23-21(12(2)30-31(23)14-6-4-3-5-7-14)37-22-19(28)17(26)16(25)18(27)20(22)29/h3-10H,1-2H3. The van der Waals surface area contributed by atoms with Crippen LogP contribution in [0.25, 0.3) is 5.69 Å². The van der Waals surface area contributed by atoms with Crippen molar-refractivity contribution in [1.29, 1.82) is 0 Å². The minimum Gasteiger partial charge on any atom is -0.402 e. The molecule has 1 aromatic heterocycles. The van der Waals surface area contributed by atoms with Gasteiger partial charge in [-0.3, -0.25) is 10.1 Å². The molecule has 0 aliphatic carbocycles. The fourth-order valence-corrected chi connectivity index (χ4v) is 4.27. The first-order valence-corrected chi connectivity index (χ1v) is 11.1. The van der Waals surface area contributed by atoms with E-state index in [-0.39, 0.29) is 39.2 Å². The lowest BCUT2D eigenvalue weighted by Gasteiger charge is -2.12. The number of ether oxygens (including phenoxy) is 1. The van der Waals surface area contributed by atoms with E-state index in [1.54, 1.807) is 30.3 Å². The highest BCUT2D eigenvalue weighted by atomic mass is 32.2. The molecule has 0 spiro atoms. The summed E-state index contributed by atoms with van der Waals surface area (Å²) in [6.07, 6.45) is 0. The molecule has 0 saturated heterocycles. The molecule has 0 aliphatic heterocycles. The third-order valence-electron chi connectivity index (χ3n) is 5.17. The van der Waals surface area contributed by atoms with Gasteiger partial charge in [-0.05, 0) is 32.0 Å². The van der Waals surface area contributed by atoms with Crippen molar-refractivity contribution < 1.29 is 36.4 Å². The highest BCUT2D eigenvalue weighted by Gasteiger charge is 2.30. The quantitative estimate of drug-likeness (QED) is 0.0703. The maximum Gasteiger partial charge on any atom is 0.345 e. The van der Waals surface area contributed by atoms with Gasteiger partial charge in [0.25, 0.3) is 5.69 Å². The fourth-order valence-electron chi connectivity index (χ4n) is 3.30. The van der Waals surface area contributed by atoms with Crippen molar-refractivity contribution in [3.63, 3.8) is 0 Å². The molecule has 4 rings (SSSR count). The van der Waals surface area contributed by atoms with Crippen LogP contribution in [0.2, 0.25) is 0 Å². The summed E-state index contributed by atoms with van der Waals surface area (Å²) in [4.78, 5) is 22.1. The van der Waals surface area contributed by atoms with Gasteiger partial charge in [-0.25, -0.2) is 26.7 Å². The van der Waals surface area contributed by atoms with E-state index in [0.29, 0.717) is 5.69 Å². The van der Waals surface area contributed by atoms with Crippen LogP contribution in [0.15, 0.2) is 58.3 Å². The second kappa shape index (κ2) is 10.0. The zero-order valence-corrected chi connectivity index (χ0v) is 19.7. The number of esters is 1. The van der Waals surface area contributed by atoms with Crippen LogP contribution in [0.4, 0.5) is 27.6 Å². The number of nitro groups is 1. The van der Waals surface area contributed by atoms with Crippen LogP contribution in [0.1, 0.15) is 21.6 Å². The van der Waals surface area contributed by atoms with Gasteiger partial charge in [-0.15, -0.1) is 0 Å². The third kappa shape index (κ3) is 4.77. The first-order chi connectivity index (χ1) is 17.5. The number of carbonyl (C=O) groups is 1. The van der Waals surface area contributed by atoms with E-state index in [4.69, 9.17) is 4.74 Å². The Morgan fingerprint density at radius 3 is 2.11 bits per heavy atom. The Kier molecular flexibility index (Phi) is 6.99. The summed E-state index contributed by atoms with van der Waals surface area (Å²) in [5, 5.41) is 15.5. The summed E-state index contributed by atoms with van der Waals surface area (Å²) in [6, 6.07) is 11.7. The van der Waals surface area contributed by atoms with Gasteiger partial charge >= 0.3 is 5.97 Å². The summed E-state index contributed by atoms with van der Waals surface area (Å²) in [5.74, 6) is -12.2. The normalized spacial score (nSPS) is 11.0. The van der Waals surface area contributed by atoms with Gasteiger partial charge in [0.15, 0.2) is 23.3 Å². The number of hydrogen-bond donors (Lipinski definition) is 0. The van der Waals surface area contributed by atoms with Crippen molar-refractivity contribution in [1.82, 2.24) is 9.78 Å². The number of nitro benzene ring substituents is 1. The van der Waals surface area contributed by atoms with Crippen molar-refractivity contribution in [2.24, 2.45) is 0 Å². The van der Waals surface area contributed by atoms with Crippen LogP contribution >= 0.6 is 11.8 Å². The number of halogens is 5. The second-order valence-electron chi connectivity index (χ2n) is 7.62. The van der Waals surface area contributed by atoms with Gasteiger partial charge in [0.1, 0.15) is 0 Å². The Labute approximate surface area is 209 Å². The van der Waals surface area contributed by atoms with Crippen LogP contribution in [-0.2, 0) is 0 Å². The smallest absolute Gasteiger partial charge is 0.345 e. The molecule has 0 radical (unpaired) electrons. The minimum atomic E-state index is -2.32. The first-order valence-electron chi connectivity index (χ1n) is 10.3. The number of carbonyl (C=O) groups excluding carboxylic acids is 1. The van der Waals surface area contributed by atoms with Crippen molar-refractivity contribution in [3.8, 4) is 11.6 Å². The Balaban J connectivity index is 1.85. The van der Waals surface area contributed by atoms with E-state index >= 15 is 0 Å².